The molecule has 1 aromatic rings. The lowest BCUT2D eigenvalue weighted by Crippen LogP contribution is -2.34. The van der Waals surface area contributed by atoms with Gasteiger partial charge in [0.25, 0.3) is 15.7 Å². The minimum Gasteiger partial charge on any atom is -0.497 e. The van der Waals surface area contributed by atoms with E-state index in [2.05, 4.69) is 0 Å². The molecule has 0 spiro atoms. The topological polar surface area (TPSA) is 114 Å². The molecule has 1 atom stereocenters. The van der Waals surface area contributed by atoms with Crippen molar-refractivity contribution in [3.8, 4) is 11.8 Å². The van der Waals surface area contributed by atoms with Crippen LogP contribution in [-0.2, 0) is 10.0 Å². The zero-order valence-electron chi connectivity index (χ0n) is 11.1. The molecule has 0 amide bonds. The van der Waals surface area contributed by atoms with E-state index >= 15 is 0 Å². The van der Waals surface area contributed by atoms with Crippen molar-refractivity contribution in [3.63, 3.8) is 0 Å². The van der Waals surface area contributed by atoms with Crippen LogP contribution in [0.4, 0.5) is 5.69 Å². The first-order chi connectivity index (χ1) is 9.25. The molecule has 1 aromatic carbocycles. The van der Waals surface area contributed by atoms with Gasteiger partial charge in [-0.2, -0.15) is 9.57 Å². The number of nitriles is 1. The van der Waals surface area contributed by atoms with Gasteiger partial charge in [0.1, 0.15) is 11.8 Å². The van der Waals surface area contributed by atoms with Gasteiger partial charge in [0.2, 0.25) is 0 Å². The second-order valence-electron chi connectivity index (χ2n) is 3.92. The molecule has 0 N–H and O–H groups in total. The van der Waals surface area contributed by atoms with Gasteiger partial charge in [-0.3, -0.25) is 10.1 Å². The molecule has 0 fully saturated rings. The van der Waals surface area contributed by atoms with Crippen LogP contribution in [0.2, 0.25) is 0 Å². The van der Waals surface area contributed by atoms with E-state index in [0.717, 1.165) is 16.4 Å². The molecular formula is C11H13N3O5S. The largest absolute Gasteiger partial charge is 0.497 e. The van der Waals surface area contributed by atoms with Crippen LogP contribution in [0.15, 0.2) is 23.1 Å². The summed E-state index contributed by atoms with van der Waals surface area (Å²) in [6.07, 6.45) is 0. The smallest absolute Gasteiger partial charge is 0.293 e. The van der Waals surface area contributed by atoms with Gasteiger partial charge < -0.3 is 4.74 Å². The number of sulfonamides is 1. The van der Waals surface area contributed by atoms with Gasteiger partial charge in [0, 0.05) is 7.05 Å². The van der Waals surface area contributed by atoms with Gasteiger partial charge in [-0.15, -0.1) is 0 Å². The molecule has 108 valence electrons. The third-order valence-corrected chi connectivity index (χ3v) is 4.73. The fourth-order valence-corrected chi connectivity index (χ4v) is 2.84. The summed E-state index contributed by atoms with van der Waals surface area (Å²) in [5.74, 6) is 0.173. The Kier molecular flexibility index (Phi) is 4.65. The molecule has 1 rings (SSSR count). The molecule has 8 nitrogen and oxygen atoms in total. The lowest BCUT2D eigenvalue weighted by molar-refractivity contribution is -0.387. The van der Waals surface area contributed by atoms with E-state index < -0.39 is 31.6 Å². The summed E-state index contributed by atoms with van der Waals surface area (Å²) >= 11 is 0. The van der Waals surface area contributed by atoms with E-state index in [1.54, 1.807) is 6.07 Å². The van der Waals surface area contributed by atoms with Crippen LogP contribution >= 0.6 is 0 Å². The van der Waals surface area contributed by atoms with Crippen LogP contribution in [0, 0.1) is 21.4 Å². The fourth-order valence-electron chi connectivity index (χ4n) is 1.43. The average Bonchev–Trinajstić information content (AvgIpc) is 2.44. The molecule has 0 bridgehead atoms. The van der Waals surface area contributed by atoms with E-state index in [9.17, 15) is 18.5 Å². The van der Waals surface area contributed by atoms with Crippen LogP contribution in [0.1, 0.15) is 6.92 Å². The highest BCUT2D eigenvalue weighted by Gasteiger charge is 2.32. The fraction of sp³-hybridized carbons (Fsp3) is 0.364. The highest BCUT2D eigenvalue weighted by molar-refractivity contribution is 7.89. The zero-order chi connectivity index (χ0) is 15.5. The van der Waals surface area contributed by atoms with Gasteiger partial charge in [-0.05, 0) is 19.1 Å². The van der Waals surface area contributed by atoms with Crippen LogP contribution in [0.25, 0.3) is 0 Å². The van der Waals surface area contributed by atoms with Crippen molar-refractivity contribution in [1.29, 1.82) is 5.26 Å². The zero-order valence-corrected chi connectivity index (χ0v) is 11.9. The molecule has 0 saturated carbocycles. The predicted octanol–water partition coefficient (Wildman–Crippen LogP) is 1.14. The molecule has 0 aliphatic carbocycles. The minimum atomic E-state index is -4.14. The van der Waals surface area contributed by atoms with E-state index in [4.69, 9.17) is 10.00 Å². The summed E-state index contributed by atoms with van der Waals surface area (Å²) in [7, 11) is -1.63. The maximum Gasteiger partial charge on any atom is 0.293 e. The number of nitro groups is 1. The summed E-state index contributed by atoms with van der Waals surface area (Å²) in [6.45, 7) is 1.38. The molecule has 20 heavy (non-hydrogen) atoms. The van der Waals surface area contributed by atoms with Gasteiger partial charge in [0.05, 0.1) is 24.2 Å². The molecule has 0 saturated heterocycles. The third kappa shape index (κ3) is 2.87. The first-order valence-corrected chi connectivity index (χ1v) is 6.89. The summed E-state index contributed by atoms with van der Waals surface area (Å²) in [5, 5.41) is 19.8. The second kappa shape index (κ2) is 5.85. The summed E-state index contributed by atoms with van der Waals surface area (Å²) < 4.78 is 30.2. The van der Waals surface area contributed by atoms with Crippen molar-refractivity contribution in [2.75, 3.05) is 14.2 Å². The Hall–Kier alpha value is -2.18. The SMILES string of the molecule is COc1ccc(S(=O)(=O)N(C)C(C)C#N)c([N+](=O)[O-])c1. The lowest BCUT2D eigenvalue weighted by atomic mass is 10.3. The van der Waals surface area contributed by atoms with Gasteiger partial charge in [-0.25, -0.2) is 8.42 Å². The van der Waals surface area contributed by atoms with Gasteiger partial charge >= 0.3 is 0 Å². The Balaban J connectivity index is 3.47. The quantitative estimate of drug-likeness (QED) is 0.595. The number of benzene rings is 1. The molecule has 1 unspecified atom stereocenters. The summed E-state index contributed by atoms with van der Waals surface area (Å²) in [6, 6.07) is 4.25. The monoisotopic (exact) mass is 299 g/mol. The minimum absolute atomic E-state index is 0.173. The van der Waals surface area contributed by atoms with E-state index in [0.29, 0.717) is 0 Å². The van der Waals surface area contributed by atoms with Gasteiger partial charge in [-0.1, -0.05) is 0 Å². The molecule has 9 heteroatoms. The lowest BCUT2D eigenvalue weighted by Gasteiger charge is -2.19. The molecule has 0 aliphatic rings. The Morgan fingerprint density at radius 1 is 1.50 bits per heavy atom. The number of hydrogen-bond donors (Lipinski definition) is 0. The Labute approximate surface area is 116 Å². The van der Waals surface area contributed by atoms with Gasteiger partial charge in [0.15, 0.2) is 4.90 Å². The third-order valence-electron chi connectivity index (χ3n) is 2.75. The highest BCUT2D eigenvalue weighted by Crippen LogP contribution is 2.30. The van der Waals surface area contributed by atoms with Crippen LogP contribution in [0.5, 0.6) is 5.75 Å². The number of methoxy groups -OCH3 is 1. The highest BCUT2D eigenvalue weighted by atomic mass is 32.2. The Morgan fingerprint density at radius 2 is 2.10 bits per heavy atom. The maximum atomic E-state index is 12.3. The Bertz CT molecular complexity index is 665. The van der Waals surface area contributed by atoms with Crippen molar-refractivity contribution in [2.24, 2.45) is 0 Å². The van der Waals surface area contributed by atoms with Crippen molar-refractivity contribution in [3.05, 3.63) is 28.3 Å². The second-order valence-corrected chi connectivity index (χ2v) is 5.88. The Morgan fingerprint density at radius 3 is 2.55 bits per heavy atom. The van der Waals surface area contributed by atoms with Crippen molar-refractivity contribution in [2.45, 2.75) is 17.9 Å². The molecule has 0 aliphatic heterocycles. The van der Waals surface area contributed by atoms with Crippen molar-refractivity contribution >= 4 is 15.7 Å². The number of ether oxygens (including phenoxy) is 1. The van der Waals surface area contributed by atoms with Crippen LogP contribution in [0.3, 0.4) is 0 Å². The van der Waals surface area contributed by atoms with Crippen LogP contribution in [-0.4, -0.2) is 37.8 Å². The van der Waals surface area contributed by atoms with E-state index in [-0.39, 0.29) is 5.75 Å². The van der Waals surface area contributed by atoms with Crippen molar-refractivity contribution in [1.82, 2.24) is 4.31 Å². The van der Waals surface area contributed by atoms with Crippen molar-refractivity contribution < 1.29 is 18.1 Å². The van der Waals surface area contributed by atoms with Crippen LogP contribution < -0.4 is 4.74 Å². The molecule has 0 radical (unpaired) electrons. The predicted molar refractivity (Wildman–Crippen MR) is 69.7 cm³/mol. The molecular weight excluding hydrogens is 286 g/mol. The van der Waals surface area contributed by atoms with E-state index in [1.807, 2.05) is 0 Å². The van der Waals surface area contributed by atoms with E-state index in [1.165, 1.54) is 27.1 Å². The summed E-state index contributed by atoms with van der Waals surface area (Å²) in [5.41, 5.74) is -0.596. The molecule has 0 heterocycles. The first-order valence-electron chi connectivity index (χ1n) is 5.45. The number of nitrogens with zero attached hydrogens (tertiary/aromatic N) is 3. The number of rotatable bonds is 5. The normalized spacial score (nSPS) is 12.8. The number of hydrogen-bond acceptors (Lipinski definition) is 6. The first kappa shape index (κ1) is 15.9. The number of nitro benzene ring substituents is 1. The summed E-state index contributed by atoms with van der Waals surface area (Å²) in [4.78, 5) is 9.72. The maximum absolute atomic E-state index is 12.3. The average molecular weight is 299 g/mol. The standard InChI is InChI=1S/C11H13N3O5S/c1-8(7-12)13(2)20(17,18)11-5-4-9(19-3)6-10(11)14(15)16/h4-6,8H,1-3H3. The molecule has 0 aromatic heterocycles.